The molecule has 1 atom stereocenters. The van der Waals surface area contributed by atoms with E-state index in [1.165, 1.54) is 0 Å². The Hall–Kier alpha value is -2.03. The van der Waals surface area contributed by atoms with E-state index in [-0.39, 0.29) is 12.3 Å². The van der Waals surface area contributed by atoms with Crippen LogP contribution in [0.2, 0.25) is 0 Å². The highest BCUT2D eigenvalue weighted by Gasteiger charge is 2.11. The minimum atomic E-state index is -0.692. The average Bonchev–Trinajstić information content (AvgIpc) is 2.41. The number of hydrogen-bond donors (Lipinski definition) is 2. The van der Waals surface area contributed by atoms with Crippen LogP contribution in [-0.4, -0.2) is 32.3 Å². The molecule has 5 heteroatoms. The van der Waals surface area contributed by atoms with E-state index in [1.807, 2.05) is 0 Å². The molecule has 1 amide bonds. The molecule has 0 saturated heterocycles. The predicted molar refractivity (Wildman–Crippen MR) is 73.9 cm³/mol. The van der Waals surface area contributed by atoms with Gasteiger partial charge in [0.25, 0.3) is 0 Å². The Labute approximate surface area is 113 Å². The molecule has 0 saturated carbocycles. The summed E-state index contributed by atoms with van der Waals surface area (Å²) < 4.78 is 10.3. The second-order valence-electron chi connectivity index (χ2n) is 3.87. The van der Waals surface area contributed by atoms with Crippen molar-refractivity contribution in [3.8, 4) is 18.1 Å². The summed E-state index contributed by atoms with van der Waals surface area (Å²) in [5.74, 6) is 2.77. The topological polar surface area (TPSA) is 73.6 Å². The van der Waals surface area contributed by atoms with Crippen LogP contribution < -0.4 is 15.8 Å². The lowest BCUT2D eigenvalue weighted by Crippen LogP contribution is -2.35. The van der Waals surface area contributed by atoms with Crippen molar-refractivity contribution in [1.82, 2.24) is 0 Å². The number of methoxy groups -OCH3 is 1. The zero-order chi connectivity index (χ0) is 14.1. The molecule has 1 aromatic carbocycles. The Morgan fingerprint density at radius 2 is 2.11 bits per heavy atom. The van der Waals surface area contributed by atoms with E-state index < -0.39 is 6.04 Å². The van der Waals surface area contributed by atoms with Gasteiger partial charge in [0, 0.05) is 19.2 Å². The molecule has 19 heavy (non-hydrogen) atoms. The summed E-state index contributed by atoms with van der Waals surface area (Å²) in [5.41, 5.74) is 6.24. The third-order valence-corrected chi connectivity index (χ3v) is 2.35. The first-order valence-electron chi connectivity index (χ1n) is 5.89. The first-order valence-corrected chi connectivity index (χ1v) is 5.89. The number of nitrogens with one attached hydrogen (secondary N) is 1. The third-order valence-electron chi connectivity index (χ3n) is 2.35. The second kappa shape index (κ2) is 8.14. The van der Waals surface area contributed by atoms with E-state index in [4.69, 9.17) is 21.6 Å². The minimum Gasteiger partial charge on any atom is -0.491 e. The van der Waals surface area contributed by atoms with Crippen molar-refractivity contribution in [2.75, 3.05) is 25.6 Å². The van der Waals surface area contributed by atoms with Crippen molar-refractivity contribution in [3.63, 3.8) is 0 Å². The lowest BCUT2D eigenvalue weighted by molar-refractivity contribution is -0.117. The van der Waals surface area contributed by atoms with Gasteiger partial charge in [-0.1, -0.05) is 0 Å². The van der Waals surface area contributed by atoms with Gasteiger partial charge in [0.15, 0.2) is 0 Å². The number of anilines is 1. The number of hydrogen-bond acceptors (Lipinski definition) is 4. The van der Waals surface area contributed by atoms with Crippen LogP contribution in [0.1, 0.15) is 6.42 Å². The highest BCUT2D eigenvalue weighted by molar-refractivity contribution is 5.94. The molecule has 0 radical (unpaired) electrons. The highest BCUT2D eigenvalue weighted by Crippen LogP contribution is 2.15. The van der Waals surface area contributed by atoms with Crippen molar-refractivity contribution in [3.05, 3.63) is 24.3 Å². The molecule has 3 N–H and O–H groups in total. The monoisotopic (exact) mass is 262 g/mol. The van der Waals surface area contributed by atoms with E-state index >= 15 is 0 Å². The van der Waals surface area contributed by atoms with E-state index in [9.17, 15) is 4.79 Å². The van der Waals surface area contributed by atoms with Gasteiger partial charge in [0.1, 0.15) is 12.4 Å². The third kappa shape index (κ3) is 5.42. The standard InChI is InChI=1S/C14H18N2O3/c1-3-4-13(15)14(17)16-11-5-7-12(8-6-11)19-10-9-18-2/h1,5-8,13H,4,9-10,15H2,2H3,(H,16,17). The lowest BCUT2D eigenvalue weighted by atomic mass is 10.2. The second-order valence-corrected chi connectivity index (χ2v) is 3.87. The van der Waals surface area contributed by atoms with Crippen molar-refractivity contribution >= 4 is 11.6 Å². The molecule has 5 nitrogen and oxygen atoms in total. The number of benzene rings is 1. The van der Waals surface area contributed by atoms with E-state index in [2.05, 4.69) is 11.2 Å². The molecule has 1 aromatic rings. The van der Waals surface area contributed by atoms with Gasteiger partial charge in [-0.05, 0) is 24.3 Å². The molecule has 102 valence electrons. The predicted octanol–water partition coefficient (Wildman–Crippen LogP) is 1.00. The summed E-state index contributed by atoms with van der Waals surface area (Å²) in [6.45, 7) is 1.01. The Morgan fingerprint density at radius 1 is 1.42 bits per heavy atom. The maximum absolute atomic E-state index is 11.6. The smallest absolute Gasteiger partial charge is 0.242 e. The van der Waals surface area contributed by atoms with Crippen molar-refractivity contribution in [2.24, 2.45) is 5.73 Å². The van der Waals surface area contributed by atoms with Crippen LogP contribution in [-0.2, 0) is 9.53 Å². The van der Waals surface area contributed by atoms with Gasteiger partial charge in [-0.15, -0.1) is 12.3 Å². The van der Waals surface area contributed by atoms with Gasteiger partial charge < -0.3 is 20.5 Å². The molecule has 0 spiro atoms. The summed E-state index contributed by atoms with van der Waals surface area (Å²) >= 11 is 0. The van der Waals surface area contributed by atoms with Crippen LogP contribution in [0.3, 0.4) is 0 Å². The fraction of sp³-hybridized carbons (Fsp3) is 0.357. The summed E-state index contributed by atoms with van der Waals surface area (Å²) in [5, 5.41) is 2.68. The summed E-state index contributed by atoms with van der Waals surface area (Å²) in [6.07, 6.45) is 5.31. The molecular weight excluding hydrogens is 244 g/mol. The number of ether oxygens (including phenoxy) is 2. The van der Waals surface area contributed by atoms with Crippen LogP contribution in [0.15, 0.2) is 24.3 Å². The van der Waals surface area contributed by atoms with Crippen LogP contribution in [0.4, 0.5) is 5.69 Å². The molecule has 0 aliphatic heterocycles. The van der Waals surface area contributed by atoms with Gasteiger partial charge in [-0.2, -0.15) is 0 Å². The minimum absolute atomic E-state index is 0.212. The van der Waals surface area contributed by atoms with Gasteiger partial charge in [0.2, 0.25) is 5.91 Å². The van der Waals surface area contributed by atoms with Crippen molar-refractivity contribution < 1.29 is 14.3 Å². The van der Waals surface area contributed by atoms with Crippen LogP contribution in [0, 0.1) is 12.3 Å². The SMILES string of the molecule is C#CCC(N)C(=O)Nc1ccc(OCCOC)cc1. The Kier molecular flexibility index (Phi) is 6.44. The van der Waals surface area contributed by atoms with E-state index in [0.717, 1.165) is 0 Å². The molecular formula is C14H18N2O3. The molecule has 1 rings (SSSR count). The molecule has 1 unspecified atom stereocenters. The first-order chi connectivity index (χ1) is 9.17. The van der Waals surface area contributed by atoms with E-state index in [0.29, 0.717) is 24.7 Å². The van der Waals surface area contributed by atoms with Crippen LogP contribution in [0.5, 0.6) is 5.75 Å². The number of carbonyl (C=O) groups is 1. The fourth-order valence-corrected chi connectivity index (χ4v) is 1.33. The number of nitrogens with two attached hydrogens (primary N) is 1. The lowest BCUT2D eigenvalue weighted by Gasteiger charge is -2.10. The largest absolute Gasteiger partial charge is 0.491 e. The average molecular weight is 262 g/mol. The summed E-state index contributed by atoms with van der Waals surface area (Å²) in [7, 11) is 1.61. The Balaban J connectivity index is 2.48. The quantitative estimate of drug-likeness (QED) is 0.568. The summed E-state index contributed by atoms with van der Waals surface area (Å²) in [4.78, 5) is 11.6. The maximum Gasteiger partial charge on any atom is 0.242 e. The number of rotatable bonds is 7. The van der Waals surface area contributed by atoms with Crippen molar-refractivity contribution in [2.45, 2.75) is 12.5 Å². The number of carbonyl (C=O) groups excluding carboxylic acids is 1. The molecule has 0 heterocycles. The number of terminal acetylenes is 1. The Morgan fingerprint density at radius 3 is 2.68 bits per heavy atom. The van der Waals surface area contributed by atoms with Gasteiger partial charge >= 0.3 is 0 Å². The van der Waals surface area contributed by atoms with E-state index in [1.54, 1.807) is 31.4 Å². The molecule has 0 aliphatic carbocycles. The van der Waals surface area contributed by atoms with Crippen LogP contribution in [0.25, 0.3) is 0 Å². The van der Waals surface area contributed by atoms with Crippen molar-refractivity contribution in [1.29, 1.82) is 0 Å². The summed E-state index contributed by atoms with van der Waals surface area (Å²) in [6, 6.07) is 6.31. The Bertz CT molecular complexity index is 437. The molecule has 0 fully saturated rings. The van der Waals surface area contributed by atoms with Gasteiger partial charge in [0.05, 0.1) is 12.6 Å². The first kappa shape index (κ1) is 15.0. The molecule has 0 bridgehead atoms. The number of amides is 1. The zero-order valence-electron chi connectivity index (χ0n) is 10.9. The van der Waals surface area contributed by atoms with Gasteiger partial charge in [-0.3, -0.25) is 4.79 Å². The maximum atomic E-state index is 11.6. The zero-order valence-corrected chi connectivity index (χ0v) is 10.9. The molecule has 0 aromatic heterocycles. The normalized spacial score (nSPS) is 11.4. The van der Waals surface area contributed by atoms with Gasteiger partial charge in [-0.25, -0.2) is 0 Å². The van der Waals surface area contributed by atoms with Crippen LogP contribution >= 0.6 is 0 Å². The highest BCUT2D eigenvalue weighted by atomic mass is 16.5. The molecule has 0 aliphatic rings. The fourth-order valence-electron chi connectivity index (χ4n) is 1.33.